The molecule has 0 fully saturated rings. The van der Waals surface area contributed by atoms with Crippen molar-refractivity contribution in [1.29, 1.82) is 0 Å². The fourth-order valence-electron chi connectivity index (χ4n) is 1.74. The standard InChI is InChI=1S/C13H15N5O3/c1-8-2-3-9(13(20)21)4-11(8)15-12(19)7-18-6-10(5-14)16-17-18/h2-4,6H,5,7,14H2,1H3,(H,15,19)(H,20,21). The Labute approximate surface area is 120 Å². The van der Waals surface area contributed by atoms with Crippen molar-refractivity contribution < 1.29 is 14.7 Å². The van der Waals surface area contributed by atoms with Crippen molar-refractivity contribution in [2.45, 2.75) is 20.0 Å². The predicted molar refractivity (Wildman–Crippen MR) is 74.7 cm³/mol. The van der Waals surface area contributed by atoms with E-state index < -0.39 is 5.97 Å². The van der Waals surface area contributed by atoms with Crippen LogP contribution in [0.15, 0.2) is 24.4 Å². The molecular weight excluding hydrogens is 274 g/mol. The summed E-state index contributed by atoms with van der Waals surface area (Å²) >= 11 is 0. The van der Waals surface area contributed by atoms with Gasteiger partial charge < -0.3 is 16.2 Å². The molecular formula is C13H15N5O3. The molecule has 8 nitrogen and oxygen atoms in total. The van der Waals surface area contributed by atoms with Crippen LogP contribution in [-0.2, 0) is 17.9 Å². The van der Waals surface area contributed by atoms with Gasteiger partial charge in [0.2, 0.25) is 5.91 Å². The van der Waals surface area contributed by atoms with E-state index in [2.05, 4.69) is 15.6 Å². The number of rotatable bonds is 5. The maximum absolute atomic E-state index is 11.9. The fourth-order valence-corrected chi connectivity index (χ4v) is 1.74. The van der Waals surface area contributed by atoms with Crippen molar-refractivity contribution in [3.05, 3.63) is 41.2 Å². The lowest BCUT2D eigenvalue weighted by Gasteiger charge is -2.09. The highest BCUT2D eigenvalue weighted by Gasteiger charge is 2.10. The highest BCUT2D eigenvalue weighted by Crippen LogP contribution is 2.17. The minimum Gasteiger partial charge on any atom is -0.478 e. The Hall–Kier alpha value is -2.74. The van der Waals surface area contributed by atoms with Crippen LogP contribution in [0.4, 0.5) is 5.69 Å². The van der Waals surface area contributed by atoms with Crippen molar-refractivity contribution in [3.8, 4) is 0 Å². The molecule has 0 spiro atoms. The molecule has 110 valence electrons. The number of carboxylic acid groups (broad SMARTS) is 1. The predicted octanol–water partition coefficient (Wildman–Crippen LogP) is 0.382. The fraction of sp³-hybridized carbons (Fsp3) is 0.231. The lowest BCUT2D eigenvalue weighted by molar-refractivity contribution is -0.116. The second-order valence-corrected chi connectivity index (χ2v) is 4.49. The number of anilines is 1. The molecule has 21 heavy (non-hydrogen) atoms. The van der Waals surface area contributed by atoms with Crippen molar-refractivity contribution >= 4 is 17.6 Å². The molecule has 1 aromatic carbocycles. The normalized spacial score (nSPS) is 10.4. The van der Waals surface area contributed by atoms with E-state index in [1.54, 1.807) is 19.2 Å². The Balaban J connectivity index is 2.08. The first-order valence-electron chi connectivity index (χ1n) is 6.22. The van der Waals surface area contributed by atoms with Gasteiger partial charge in [0.05, 0.1) is 17.5 Å². The number of nitrogens with zero attached hydrogens (tertiary/aromatic N) is 3. The number of amides is 1. The number of carbonyl (C=O) groups excluding carboxylic acids is 1. The van der Waals surface area contributed by atoms with Crippen molar-refractivity contribution in [2.75, 3.05) is 5.32 Å². The van der Waals surface area contributed by atoms with Gasteiger partial charge in [-0.2, -0.15) is 0 Å². The highest BCUT2D eigenvalue weighted by atomic mass is 16.4. The molecule has 1 aromatic heterocycles. The van der Waals surface area contributed by atoms with E-state index in [1.165, 1.54) is 16.8 Å². The summed E-state index contributed by atoms with van der Waals surface area (Å²) < 4.78 is 1.37. The van der Waals surface area contributed by atoms with Gasteiger partial charge in [-0.1, -0.05) is 11.3 Å². The van der Waals surface area contributed by atoms with Crippen LogP contribution in [0.5, 0.6) is 0 Å². The van der Waals surface area contributed by atoms with Crippen LogP contribution < -0.4 is 11.1 Å². The Morgan fingerprint density at radius 3 is 2.81 bits per heavy atom. The van der Waals surface area contributed by atoms with Gasteiger partial charge in [-0.25, -0.2) is 9.48 Å². The maximum atomic E-state index is 11.9. The molecule has 1 amide bonds. The molecule has 0 saturated carbocycles. The van der Waals surface area contributed by atoms with Crippen LogP contribution in [-0.4, -0.2) is 32.0 Å². The van der Waals surface area contributed by atoms with Crippen LogP contribution >= 0.6 is 0 Å². The van der Waals surface area contributed by atoms with Crippen LogP contribution in [0.2, 0.25) is 0 Å². The third kappa shape index (κ3) is 3.63. The minimum atomic E-state index is -1.05. The number of aromatic carboxylic acids is 1. The Morgan fingerprint density at radius 2 is 2.19 bits per heavy atom. The van der Waals surface area contributed by atoms with Gasteiger partial charge >= 0.3 is 5.97 Å². The van der Waals surface area contributed by atoms with Crippen molar-refractivity contribution in [2.24, 2.45) is 5.73 Å². The average molecular weight is 289 g/mol. The lowest BCUT2D eigenvalue weighted by Crippen LogP contribution is -2.20. The molecule has 0 aliphatic heterocycles. The van der Waals surface area contributed by atoms with Gasteiger partial charge in [-0.15, -0.1) is 5.10 Å². The first-order chi connectivity index (χ1) is 9.99. The number of aryl methyl sites for hydroxylation is 1. The lowest BCUT2D eigenvalue weighted by atomic mass is 10.1. The summed E-state index contributed by atoms with van der Waals surface area (Å²) in [6, 6.07) is 4.54. The van der Waals surface area contributed by atoms with E-state index in [1.807, 2.05) is 0 Å². The number of carboxylic acids is 1. The molecule has 0 radical (unpaired) electrons. The summed E-state index contributed by atoms with van der Waals surface area (Å²) in [5, 5.41) is 19.2. The van der Waals surface area contributed by atoms with Crippen LogP contribution in [0, 0.1) is 6.92 Å². The Morgan fingerprint density at radius 1 is 1.43 bits per heavy atom. The number of benzene rings is 1. The molecule has 0 saturated heterocycles. The smallest absolute Gasteiger partial charge is 0.335 e. The first kappa shape index (κ1) is 14.7. The van der Waals surface area contributed by atoms with Crippen LogP contribution in [0.1, 0.15) is 21.6 Å². The number of aromatic nitrogens is 3. The summed E-state index contributed by atoms with van der Waals surface area (Å²) in [6.45, 7) is 2.01. The zero-order chi connectivity index (χ0) is 15.4. The number of nitrogens with two attached hydrogens (primary N) is 1. The van der Waals surface area contributed by atoms with E-state index >= 15 is 0 Å². The zero-order valence-corrected chi connectivity index (χ0v) is 11.4. The number of nitrogens with one attached hydrogen (secondary N) is 1. The second-order valence-electron chi connectivity index (χ2n) is 4.49. The van der Waals surface area contributed by atoms with Crippen molar-refractivity contribution in [1.82, 2.24) is 15.0 Å². The summed E-state index contributed by atoms with van der Waals surface area (Å²) in [5.41, 5.74) is 7.34. The van der Waals surface area contributed by atoms with E-state index in [4.69, 9.17) is 10.8 Å². The third-order valence-corrected chi connectivity index (χ3v) is 2.86. The third-order valence-electron chi connectivity index (χ3n) is 2.86. The average Bonchev–Trinajstić information content (AvgIpc) is 2.88. The molecule has 0 aliphatic carbocycles. The molecule has 2 rings (SSSR count). The topological polar surface area (TPSA) is 123 Å². The van der Waals surface area contributed by atoms with E-state index in [-0.39, 0.29) is 24.6 Å². The van der Waals surface area contributed by atoms with Crippen molar-refractivity contribution in [3.63, 3.8) is 0 Å². The van der Waals surface area contributed by atoms with E-state index in [9.17, 15) is 9.59 Å². The first-order valence-corrected chi connectivity index (χ1v) is 6.22. The zero-order valence-electron chi connectivity index (χ0n) is 11.4. The largest absolute Gasteiger partial charge is 0.478 e. The molecule has 4 N–H and O–H groups in total. The summed E-state index contributed by atoms with van der Waals surface area (Å²) in [6.07, 6.45) is 1.58. The Kier molecular flexibility index (Phi) is 4.29. The number of carbonyl (C=O) groups is 2. The molecule has 0 unspecified atom stereocenters. The van der Waals surface area contributed by atoms with Gasteiger partial charge in [-0.3, -0.25) is 4.79 Å². The molecule has 0 aliphatic rings. The summed E-state index contributed by atoms with van der Waals surface area (Å²) in [4.78, 5) is 22.9. The molecule has 0 atom stereocenters. The van der Waals surface area contributed by atoms with Gasteiger partial charge in [-0.05, 0) is 24.6 Å². The SMILES string of the molecule is Cc1ccc(C(=O)O)cc1NC(=O)Cn1cc(CN)nn1. The van der Waals surface area contributed by atoms with E-state index in [0.29, 0.717) is 11.4 Å². The molecule has 8 heteroatoms. The van der Waals surface area contributed by atoms with Gasteiger partial charge in [0, 0.05) is 12.2 Å². The van der Waals surface area contributed by atoms with E-state index in [0.717, 1.165) is 5.56 Å². The number of hydrogen-bond acceptors (Lipinski definition) is 5. The Bertz CT molecular complexity index is 680. The second kappa shape index (κ2) is 6.14. The van der Waals surface area contributed by atoms with Gasteiger partial charge in [0.1, 0.15) is 6.54 Å². The summed E-state index contributed by atoms with van der Waals surface area (Å²) in [5.74, 6) is -1.37. The van der Waals surface area contributed by atoms with Gasteiger partial charge in [0.25, 0.3) is 0 Å². The maximum Gasteiger partial charge on any atom is 0.335 e. The summed E-state index contributed by atoms with van der Waals surface area (Å²) in [7, 11) is 0. The monoisotopic (exact) mass is 289 g/mol. The molecule has 2 aromatic rings. The van der Waals surface area contributed by atoms with Gasteiger partial charge in [0.15, 0.2) is 0 Å². The highest BCUT2D eigenvalue weighted by molar-refractivity contribution is 5.94. The molecule has 1 heterocycles. The minimum absolute atomic E-state index is 0.0241. The molecule has 0 bridgehead atoms. The van der Waals surface area contributed by atoms with Crippen LogP contribution in [0.3, 0.4) is 0 Å². The van der Waals surface area contributed by atoms with Crippen LogP contribution in [0.25, 0.3) is 0 Å². The number of hydrogen-bond donors (Lipinski definition) is 3. The quantitative estimate of drug-likeness (QED) is 0.731.